The van der Waals surface area contributed by atoms with Crippen molar-refractivity contribution in [2.75, 3.05) is 0 Å². The van der Waals surface area contributed by atoms with Gasteiger partial charge in [-0.25, -0.2) is 9.67 Å². The van der Waals surface area contributed by atoms with E-state index >= 15 is 0 Å². The zero-order valence-electron chi connectivity index (χ0n) is 10.5. The van der Waals surface area contributed by atoms with Crippen molar-refractivity contribution in [2.45, 2.75) is 10.9 Å². The van der Waals surface area contributed by atoms with Crippen LogP contribution in [0.1, 0.15) is 5.89 Å². The third-order valence-corrected chi connectivity index (χ3v) is 3.84. The van der Waals surface area contributed by atoms with Gasteiger partial charge in [0.2, 0.25) is 11.0 Å². The minimum atomic E-state index is 0.571. The summed E-state index contributed by atoms with van der Waals surface area (Å²) in [6, 6.07) is 7.43. The quantitative estimate of drug-likeness (QED) is 0.690. The van der Waals surface area contributed by atoms with Crippen LogP contribution in [0.5, 0.6) is 0 Å². The van der Waals surface area contributed by atoms with E-state index in [0.29, 0.717) is 22.4 Å². The molecule has 0 aliphatic rings. The summed E-state index contributed by atoms with van der Waals surface area (Å²) in [5, 5.41) is 12.6. The van der Waals surface area contributed by atoms with Gasteiger partial charge in [0.05, 0.1) is 11.9 Å². The van der Waals surface area contributed by atoms with Crippen molar-refractivity contribution in [3.8, 4) is 11.3 Å². The molecule has 0 aliphatic carbocycles. The van der Waals surface area contributed by atoms with Crippen molar-refractivity contribution in [1.82, 2.24) is 25.2 Å². The van der Waals surface area contributed by atoms with Crippen LogP contribution in [0.2, 0.25) is 5.02 Å². The van der Waals surface area contributed by atoms with Gasteiger partial charge in [0.25, 0.3) is 0 Å². The zero-order valence-corrected chi connectivity index (χ0v) is 12.1. The minimum absolute atomic E-state index is 0.571. The molecule has 3 rings (SSSR count). The standard InChI is InChI=1S/C12H10ClN5OS/c1-18-12(15-16-17-18)20-7-11-14-6-10(19-11)8-2-4-9(13)5-3-8/h2-6H,7H2,1H3. The molecule has 0 aliphatic heterocycles. The predicted molar refractivity (Wildman–Crippen MR) is 75.3 cm³/mol. The van der Waals surface area contributed by atoms with E-state index in [0.717, 1.165) is 10.7 Å². The van der Waals surface area contributed by atoms with Gasteiger partial charge in [0.1, 0.15) is 0 Å². The molecular formula is C12H10ClN5OS. The first-order valence-corrected chi connectivity index (χ1v) is 7.14. The Hall–Kier alpha value is -1.86. The third-order valence-electron chi connectivity index (χ3n) is 2.59. The summed E-state index contributed by atoms with van der Waals surface area (Å²) in [5.41, 5.74) is 0.943. The molecule has 0 amide bonds. The second kappa shape index (κ2) is 5.64. The maximum atomic E-state index is 5.86. The molecule has 2 heterocycles. The van der Waals surface area contributed by atoms with E-state index in [1.54, 1.807) is 17.9 Å². The first kappa shape index (κ1) is 13.1. The lowest BCUT2D eigenvalue weighted by molar-refractivity contribution is 0.529. The van der Waals surface area contributed by atoms with Crippen LogP contribution >= 0.6 is 23.4 Å². The Kier molecular flexibility index (Phi) is 3.70. The summed E-state index contributed by atoms with van der Waals surface area (Å²) >= 11 is 7.32. The zero-order chi connectivity index (χ0) is 13.9. The SMILES string of the molecule is Cn1nnnc1SCc1ncc(-c2ccc(Cl)cc2)o1. The van der Waals surface area contributed by atoms with Crippen molar-refractivity contribution >= 4 is 23.4 Å². The van der Waals surface area contributed by atoms with E-state index in [9.17, 15) is 0 Å². The second-order valence-corrected chi connectivity index (χ2v) is 5.38. The predicted octanol–water partition coefficient (Wildman–Crippen LogP) is 2.81. The Bertz CT molecular complexity index is 709. The van der Waals surface area contributed by atoms with Crippen LogP contribution in [0, 0.1) is 0 Å². The highest BCUT2D eigenvalue weighted by Gasteiger charge is 2.09. The van der Waals surface area contributed by atoms with Crippen LogP contribution in [0.15, 0.2) is 40.0 Å². The highest BCUT2D eigenvalue weighted by Crippen LogP contribution is 2.25. The number of nitrogens with zero attached hydrogens (tertiary/aromatic N) is 5. The number of aromatic nitrogens is 5. The molecule has 20 heavy (non-hydrogen) atoms. The van der Waals surface area contributed by atoms with Crippen LogP contribution in [-0.2, 0) is 12.8 Å². The highest BCUT2D eigenvalue weighted by molar-refractivity contribution is 7.98. The molecule has 3 aromatic rings. The van der Waals surface area contributed by atoms with Crippen molar-refractivity contribution < 1.29 is 4.42 Å². The largest absolute Gasteiger partial charge is 0.440 e. The first-order valence-electron chi connectivity index (χ1n) is 5.78. The summed E-state index contributed by atoms with van der Waals surface area (Å²) in [6.07, 6.45) is 1.70. The van der Waals surface area contributed by atoms with Gasteiger partial charge < -0.3 is 4.42 Å². The Balaban J connectivity index is 1.71. The first-order chi connectivity index (χ1) is 9.72. The van der Waals surface area contributed by atoms with Gasteiger partial charge in [-0.3, -0.25) is 0 Å². The van der Waals surface area contributed by atoms with E-state index < -0.39 is 0 Å². The summed E-state index contributed by atoms with van der Waals surface area (Å²) in [6.45, 7) is 0. The monoisotopic (exact) mass is 307 g/mol. The molecule has 0 saturated carbocycles. The number of thioether (sulfide) groups is 1. The number of hydrogen-bond donors (Lipinski definition) is 0. The van der Waals surface area contributed by atoms with E-state index in [1.807, 2.05) is 24.3 Å². The molecule has 0 atom stereocenters. The van der Waals surface area contributed by atoms with Gasteiger partial charge >= 0.3 is 0 Å². The molecule has 1 aromatic carbocycles. The molecule has 8 heteroatoms. The fraction of sp³-hybridized carbons (Fsp3) is 0.167. The maximum absolute atomic E-state index is 5.86. The number of benzene rings is 1. The summed E-state index contributed by atoms with van der Waals surface area (Å²) in [4.78, 5) is 4.25. The number of hydrogen-bond acceptors (Lipinski definition) is 6. The number of aryl methyl sites for hydroxylation is 1. The molecular weight excluding hydrogens is 298 g/mol. The number of tetrazole rings is 1. The van der Waals surface area contributed by atoms with Crippen molar-refractivity contribution in [3.63, 3.8) is 0 Å². The third kappa shape index (κ3) is 2.83. The molecule has 0 N–H and O–H groups in total. The fourth-order valence-corrected chi connectivity index (χ4v) is 2.42. The van der Waals surface area contributed by atoms with E-state index in [-0.39, 0.29) is 0 Å². The highest BCUT2D eigenvalue weighted by atomic mass is 35.5. The van der Waals surface area contributed by atoms with Crippen LogP contribution in [0.3, 0.4) is 0 Å². The van der Waals surface area contributed by atoms with Crippen LogP contribution in [-0.4, -0.2) is 25.2 Å². The maximum Gasteiger partial charge on any atom is 0.209 e. The molecule has 0 fully saturated rings. The molecule has 2 aromatic heterocycles. The molecule has 102 valence electrons. The van der Waals surface area contributed by atoms with E-state index in [2.05, 4.69) is 20.5 Å². The normalized spacial score (nSPS) is 10.9. The Morgan fingerprint density at radius 2 is 2.10 bits per heavy atom. The van der Waals surface area contributed by atoms with Crippen molar-refractivity contribution in [1.29, 1.82) is 0 Å². The molecule has 0 radical (unpaired) electrons. The Labute approximate surface area is 124 Å². The van der Waals surface area contributed by atoms with Gasteiger partial charge in [0.15, 0.2) is 5.76 Å². The topological polar surface area (TPSA) is 69.6 Å². The van der Waals surface area contributed by atoms with Crippen molar-refractivity contribution in [2.24, 2.45) is 7.05 Å². The van der Waals surface area contributed by atoms with E-state index in [1.165, 1.54) is 11.8 Å². The number of rotatable bonds is 4. The van der Waals surface area contributed by atoms with Gasteiger partial charge in [-0.2, -0.15) is 0 Å². The molecule has 0 spiro atoms. The average molecular weight is 308 g/mol. The number of oxazole rings is 1. The van der Waals surface area contributed by atoms with Gasteiger partial charge in [-0.1, -0.05) is 23.4 Å². The number of halogens is 1. The summed E-state index contributed by atoms with van der Waals surface area (Å²) in [5.74, 6) is 1.92. The van der Waals surface area contributed by atoms with Crippen LogP contribution in [0.25, 0.3) is 11.3 Å². The van der Waals surface area contributed by atoms with Gasteiger partial charge in [-0.15, -0.1) is 5.10 Å². The van der Waals surface area contributed by atoms with Gasteiger partial charge in [0, 0.05) is 17.6 Å². The van der Waals surface area contributed by atoms with Crippen molar-refractivity contribution in [3.05, 3.63) is 41.4 Å². The Morgan fingerprint density at radius 1 is 1.30 bits per heavy atom. The average Bonchev–Trinajstić information content (AvgIpc) is 3.06. The lowest BCUT2D eigenvalue weighted by atomic mass is 10.2. The summed E-state index contributed by atoms with van der Waals surface area (Å²) < 4.78 is 7.30. The fourth-order valence-electron chi connectivity index (χ4n) is 1.59. The van der Waals surface area contributed by atoms with E-state index in [4.69, 9.17) is 16.0 Å². The molecule has 6 nitrogen and oxygen atoms in total. The minimum Gasteiger partial charge on any atom is -0.440 e. The smallest absolute Gasteiger partial charge is 0.209 e. The molecule has 0 saturated heterocycles. The van der Waals surface area contributed by atoms with Crippen LogP contribution < -0.4 is 0 Å². The molecule has 0 bridgehead atoms. The van der Waals surface area contributed by atoms with Crippen LogP contribution in [0.4, 0.5) is 0 Å². The van der Waals surface area contributed by atoms with Gasteiger partial charge in [-0.05, 0) is 34.7 Å². The lowest BCUT2D eigenvalue weighted by Crippen LogP contribution is -1.93. The Morgan fingerprint density at radius 3 is 2.80 bits per heavy atom. The lowest BCUT2D eigenvalue weighted by Gasteiger charge is -1.97. The molecule has 0 unspecified atom stereocenters. The summed E-state index contributed by atoms with van der Waals surface area (Å²) in [7, 11) is 1.79. The second-order valence-electron chi connectivity index (χ2n) is 4.00.